The Hall–Kier alpha value is -2.21. The van der Waals surface area contributed by atoms with Crippen LogP contribution in [0.5, 0.6) is 5.75 Å². The van der Waals surface area contributed by atoms with Crippen molar-refractivity contribution >= 4 is 55.6 Å². The van der Waals surface area contributed by atoms with Gasteiger partial charge in [-0.15, -0.1) is 11.3 Å². The number of anilines is 1. The highest BCUT2D eigenvalue weighted by Crippen LogP contribution is 2.35. The predicted molar refractivity (Wildman–Crippen MR) is 147 cm³/mol. The molecule has 12 heteroatoms. The van der Waals surface area contributed by atoms with Crippen molar-refractivity contribution in [3.05, 3.63) is 57.4 Å². The average molecular weight is 585 g/mol. The summed E-state index contributed by atoms with van der Waals surface area (Å²) in [4.78, 5) is 17.5. The number of hydrogen-bond acceptors (Lipinski definition) is 7. The molecule has 0 aliphatic carbocycles. The van der Waals surface area contributed by atoms with E-state index in [4.69, 9.17) is 32.7 Å². The van der Waals surface area contributed by atoms with Gasteiger partial charge in [0.2, 0.25) is 10.0 Å². The average Bonchev–Trinajstić information content (AvgIpc) is 3.36. The maximum absolute atomic E-state index is 12.8. The lowest BCUT2D eigenvalue weighted by Gasteiger charge is -2.26. The number of ether oxygens (including phenoxy) is 2. The Morgan fingerprint density at radius 3 is 2.46 bits per heavy atom. The molecule has 0 bridgehead atoms. The summed E-state index contributed by atoms with van der Waals surface area (Å²) in [5.41, 5.74) is 1.63. The Morgan fingerprint density at radius 1 is 1.14 bits per heavy atom. The van der Waals surface area contributed by atoms with Crippen molar-refractivity contribution in [1.82, 2.24) is 9.29 Å². The van der Waals surface area contributed by atoms with Gasteiger partial charge in [-0.05, 0) is 30.7 Å². The molecule has 0 unspecified atom stereocenters. The van der Waals surface area contributed by atoms with E-state index in [0.717, 1.165) is 24.8 Å². The van der Waals surface area contributed by atoms with E-state index in [1.165, 1.54) is 27.8 Å². The molecule has 3 aromatic rings. The molecular weight excluding hydrogens is 557 g/mol. The smallest absolute Gasteiger partial charge is 0.257 e. The number of rotatable bonds is 10. The number of thiazole rings is 1. The summed E-state index contributed by atoms with van der Waals surface area (Å²) < 4.78 is 38.0. The molecule has 1 amide bonds. The summed E-state index contributed by atoms with van der Waals surface area (Å²) in [7, 11) is -3.57. The number of halogens is 2. The molecule has 1 N–H and O–H groups in total. The number of amides is 1. The third-order valence-electron chi connectivity index (χ3n) is 5.74. The number of carbonyl (C=O) groups is 1. The van der Waals surface area contributed by atoms with Crippen molar-refractivity contribution in [2.45, 2.75) is 31.1 Å². The molecule has 2 heterocycles. The first-order chi connectivity index (χ1) is 17.8. The van der Waals surface area contributed by atoms with Crippen LogP contribution in [0.15, 0.2) is 46.7 Å². The van der Waals surface area contributed by atoms with E-state index in [1.54, 1.807) is 29.6 Å². The van der Waals surface area contributed by atoms with Crippen LogP contribution in [-0.4, -0.2) is 56.5 Å². The zero-order valence-corrected chi connectivity index (χ0v) is 23.4. The quantitative estimate of drug-likeness (QED) is 0.296. The maximum atomic E-state index is 12.8. The van der Waals surface area contributed by atoms with Crippen molar-refractivity contribution in [2.24, 2.45) is 0 Å². The molecular formula is C25H27Cl2N3O5S2. The van der Waals surface area contributed by atoms with Gasteiger partial charge >= 0.3 is 0 Å². The lowest BCUT2D eigenvalue weighted by atomic mass is 10.2. The Bertz CT molecular complexity index is 1320. The van der Waals surface area contributed by atoms with Crippen molar-refractivity contribution in [3.8, 4) is 17.0 Å². The maximum Gasteiger partial charge on any atom is 0.257 e. The lowest BCUT2D eigenvalue weighted by molar-refractivity contribution is 0.0730. The molecule has 1 aromatic heterocycles. The summed E-state index contributed by atoms with van der Waals surface area (Å²) in [6.45, 7) is 4.06. The molecule has 0 atom stereocenters. The van der Waals surface area contributed by atoms with E-state index in [-0.39, 0.29) is 20.5 Å². The summed E-state index contributed by atoms with van der Waals surface area (Å²) >= 11 is 13.9. The Balaban J connectivity index is 1.41. The normalized spacial score (nSPS) is 14.5. The Morgan fingerprint density at radius 2 is 1.81 bits per heavy atom. The molecule has 8 nitrogen and oxygen atoms in total. The summed E-state index contributed by atoms with van der Waals surface area (Å²) in [5.74, 6) is -0.0409. The van der Waals surface area contributed by atoms with Crippen LogP contribution in [0.1, 0.15) is 36.5 Å². The molecule has 2 aromatic carbocycles. The number of nitrogens with one attached hydrogen (secondary N) is 1. The van der Waals surface area contributed by atoms with Crippen molar-refractivity contribution in [3.63, 3.8) is 0 Å². The topological polar surface area (TPSA) is 97.8 Å². The predicted octanol–water partition coefficient (Wildman–Crippen LogP) is 5.96. The number of benzene rings is 2. The Kier molecular flexibility index (Phi) is 9.44. The van der Waals surface area contributed by atoms with Gasteiger partial charge in [0.15, 0.2) is 10.9 Å². The van der Waals surface area contributed by atoms with Gasteiger partial charge in [0.25, 0.3) is 5.91 Å². The highest BCUT2D eigenvalue weighted by atomic mass is 35.5. The molecule has 1 fully saturated rings. The molecule has 1 aliphatic heterocycles. The number of sulfonamides is 1. The van der Waals surface area contributed by atoms with Crippen LogP contribution in [0.25, 0.3) is 11.3 Å². The van der Waals surface area contributed by atoms with Gasteiger partial charge in [-0.3, -0.25) is 10.1 Å². The van der Waals surface area contributed by atoms with Crippen LogP contribution in [0.4, 0.5) is 5.13 Å². The number of nitrogens with zero attached hydrogens (tertiary/aromatic N) is 2. The zero-order chi connectivity index (χ0) is 26.4. The molecule has 0 radical (unpaired) electrons. The minimum absolute atomic E-state index is 0.216. The third kappa shape index (κ3) is 6.81. The van der Waals surface area contributed by atoms with E-state index in [1.807, 2.05) is 0 Å². The van der Waals surface area contributed by atoms with Crippen LogP contribution in [0, 0.1) is 0 Å². The molecule has 1 saturated heterocycles. The molecule has 198 valence electrons. The Labute approximate surface area is 230 Å². The van der Waals surface area contributed by atoms with Crippen molar-refractivity contribution in [1.29, 1.82) is 0 Å². The van der Waals surface area contributed by atoms with Crippen LogP contribution in [0.3, 0.4) is 0 Å². The minimum atomic E-state index is -3.57. The summed E-state index contributed by atoms with van der Waals surface area (Å²) in [6.07, 6.45) is 3.01. The number of hydrogen-bond donors (Lipinski definition) is 1. The first kappa shape index (κ1) is 27.8. The number of morpholine rings is 1. The number of unbranched alkanes of at least 4 members (excludes halogenated alkanes) is 2. The van der Waals surface area contributed by atoms with Gasteiger partial charge in [-0.1, -0.05) is 55.1 Å². The van der Waals surface area contributed by atoms with Gasteiger partial charge in [0.05, 0.1) is 40.5 Å². The van der Waals surface area contributed by atoms with Crippen molar-refractivity contribution in [2.75, 3.05) is 38.2 Å². The van der Waals surface area contributed by atoms with E-state index < -0.39 is 15.9 Å². The van der Waals surface area contributed by atoms with Gasteiger partial charge in [0.1, 0.15) is 0 Å². The highest BCUT2D eigenvalue weighted by molar-refractivity contribution is 7.89. The standard InChI is InChI=1S/C25H27Cl2N3O5S2/c1-2-3-4-11-35-23-20(26)14-18(15-21(23)27)24(31)29-25-28-22(16-36-25)17-5-7-19(8-6-17)37(32,33)30-9-12-34-13-10-30/h5-8,14-16H,2-4,9-13H2,1H3,(H,28,29,31). The molecule has 4 rings (SSSR count). The van der Waals surface area contributed by atoms with Crippen LogP contribution in [-0.2, 0) is 14.8 Å². The molecule has 0 saturated carbocycles. The SMILES string of the molecule is CCCCCOc1c(Cl)cc(C(=O)Nc2nc(-c3ccc(S(=O)(=O)N4CCOCC4)cc3)cs2)cc1Cl. The second kappa shape index (κ2) is 12.6. The fraction of sp³-hybridized carbons (Fsp3) is 0.360. The van der Waals surface area contributed by atoms with E-state index in [2.05, 4.69) is 17.2 Å². The fourth-order valence-electron chi connectivity index (χ4n) is 3.72. The lowest BCUT2D eigenvalue weighted by Crippen LogP contribution is -2.40. The van der Waals surface area contributed by atoms with Gasteiger partial charge in [-0.2, -0.15) is 4.31 Å². The number of aromatic nitrogens is 1. The first-order valence-electron chi connectivity index (χ1n) is 11.9. The molecule has 37 heavy (non-hydrogen) atoms. The fourth-order valence-corrected chi connectivity index (χ4v) is 6.44. The van der Waals surface area contributed by atoms with E-state index >= 15 is 0 Å². The summed E-state index contributed by atoms with van der Waals surface area (Å²) in [6, 6.07) is 9.56. The second-order valence-electron chi connectivity index (χ2n) is 8.36. The van der Waals surface area contributed by atoms with Gasteiger partial charge in [0, 0.05) is 29.6 Å². The first-order valence-corrected chi connectivity index (χ1v) is 14.9. The van der Waals surface area contributed by atoms with Crippen LogP contribution >= 0.6 is 34.5 Å². The van der Waals surface area contributed by atoms with Crippen molar-refractivity contribution < 1.29 is 22.7 Å². The molecule has 1 aliphatic rings. The number of carbonyl (C=O) groups excluding carboxylic acids is 1. The van der Waals surface area contributed by atoms with Crippen LogP contribution in [0.2, 0.25) is 10.0 Å². The molecule has 0 spiro atoms. The minimum Gasteiger partial charge on any atom is -0.490 e. The van der Waals surface area contributed by atoms with Gasteiger partial charge in [-0.25, -0.2) is 13.4 Å². The van der Waals surface area contributed by atoms with E-state index in [0.29, 0.717) is 49.5 Å². The second-order valence-corrected chi connectivity index (χ2v) is 12.0. The largest absolute Gasteiger partial charge is 0.490 e. The zero-order valence-electron chi connectivity index (χ0n) is 20.2. The third-order valence-corrected chi connectivity index (χ3v) is 8.97. The highest BCUT2D eigenvalue weighted by Gasteiger charge is 2.26. The van der Waals surface area contributed by atoms with Gasteiger partial charge < -0.3 is 9.47 Å². The van der Waals surface area contributed by atoms with Crippen LogP contribution < -0.4 is 10.1 Å². The summed E-state index contributed by atoms with van der Waals surface area (Å²) in [5, 5.41) is 5.46. The monoisotopic (exact) mass is 583 g/mol. The van der Waals surface area contributed by atoms with E-state index in [9.17, 15) is 13.2 Å².